The number of aryl methyl sites for hydroxylation is 3. The van der Waals surface area contributed by atoms with Crippen LogP contribution in [0.5, 0.6) is 0 Å². The van der Waals surface area contributed by atoms with Gasteiger partial charge in [-0.1, -0.05) is 50.1 Å². The molecule has 19 heavy (non-hydrogen) atoms. The van der Waals surface area contributed by atoms with Crippen molar-refractivity contribution in [1.82, 2.24) is 5.32 Å². The van der Waals surface area contributed by atoms with Gasteiger partial charge in [-0.15, -0.1) is 0 Å². The van der Waals surface area contributed by atoms with Gasteiger partial charge in [0.15, 0.2) is 0 Å². The van der Waals surface area contributed by atoms with Crippen LogP contribution in [0.15, 0.2) is 17.7 Å². The van der Waals surface area contributed by atoms with E-state index >= 15 is 0 Å². The van der Waals surface area contributed by atoms with E-state index in [9.17, 15) is 0 Å². The first-order chi connectivity index (χ1) is 8.93. The first kappa shape index (κ1) is 16.0. The molecule has 1 aromatic carbocycles. The Labute approximate surface area is 119 Å². The molecule has 0 saturated heterocycles. The molecule has 0 bridgehead atoms. The molecule has 1 heteroatoms. The van der Waals surface area contributed by atoms with E-state index in [0.29, 0.717) is 5.92 Å². The topological polar surface area (TPSA) is 12.0 Å². The fourth-order valence-electron chi connectivity index (χ4n) is 2.42. The monoisotopic (exact) mass is 259 g/mol. The Bertz CT molecular complexity index is 418. The van der Waals surface area contributed by atoms with Crippen LogP contribution in [0.25, 0.3) is 6.08 Å². The lowest BCUT2D eigenvalue weighted by molar-refractivity contribution is 0.569. The van der Waals surface area contributed by atoms with Gasteiger partial charge in [-0.05, 0) is 56.3 Å². The molecule has 0 heterocycles. The van der Waals surface area contributed by atoms with Crippen LogP contribution in [0.4, 0.5) is 0 Å². The largest absolute Gasteiger partial charge is 0.313 e. The smallest absolute Gasteiger partial charge is 0.0167 e. The van der Waals surface area contributed by atoms with Gasteiger partial charge in [-0.25, -0.2) is 0 Å². The van der Waals surface area contributed by atoms with Gasteiger partial charge in [0.2, 0.25) is 0 Å². The number of hydrogen-bond acceptors (Lipinski definition) is 1. The van der Waals surface area contributed by atoms with Gasteiger partial charge in [0.1, 0.15) is 0 Å². The van der Waals surface area contributed by atoms with E-state index in [1.54, 1.807) is 0 Å². The average Bonchev–Trinajstić information content (AvgIpc) is 2.30. The molecule has 0 fully saturated rings. The predicted octanol–water partition coefficient (Wildman–Crippen LogP) is 4.65. The lowest BCUT2D eigenvalue weighted by atomic mass is 9.97. The van der Waals surface area contributed by atoms with Crippen molar-refractivity contribution in [2.45, 2.75) is 48.0 Å². The number of hydrogen-bond donors (Lipinski definition) is 1. The molecule has 0 aliphatic rings. The zero-order chi connectivity index (χ0) is 14.4. The second kappa shape index (κ2) is 7.49. The summed E-state index contributed by atoms with van der Waals surface area (Å²) >= 11 is 0. The van der Waals surface area contributed by atoms with Gasteiger partial charge in [-0.3, -0.25) is 0 Å². The van der Waals surface area contributed by atoms with E-state index in [1.165, 1.54) is 27.8 Å². The van der Waals surface area contributed by atoms with Crippen LogP contribution in [0.3, 0.4) is 0 Å². The van der Waals surface area contributed by atoms with Gasteiger partial charge >= 0.3 is 0 Å². The van der Waals surface area contributed by atoms with Crippen LogP contribution >= 0.6 is 0 Å². The Kier molecular flexibility index (Phi) is 6.30. The van der Waals surface area contributed by atoms with Crippen LogP contribution in [0.1, 0.15) is 49.4 Å². The maximum absolute atomic E-state index is 3.54. The van der Waals surface area contributed by atoms with E-state index in [0.717, 1.165) is 19.5 Å². The molecule has 1 N–H and O–H groups in total. The van der Waals surface area contributed by atoms with Crippen LogP contribution < -0.4 is 5.32 Å². The van der Waals surface area contributed by atoms with Crippen molar-refractivity contribution in [2.75, 3.05) is 13.1 Å². The predicted molar refractivity (Wildman–Crippen MR) is 86.6 cm³/mol. The van der Waals surface area contributed by atoms with Crippen molar-refractivity contribution >= 4 is 6.08 Å². The highest BCUT2D eigenvalue weighted by atomic mass is 14.9. The maximum atomic E-state index is 3.54. The first-order valence-corrected chi connectivity index (χ1v) is 7.42. The second-order valence-corrected chi connectivity index (χ2v) is 5.99. The molecule has 1 rings (SSSR count). The summed E-state index contributed by atoms with van der Waals surface area (Å²) in [5.74, 6) is 0.709. The highest BCUT2D eigenvalue weighted by molar-refractivity contribution is 5.61. The average molecular weight is 259 g/mol. The van der Waals surface area contributed by atoms with Gasteiger partial charge in [0.25, 0.3) is 0 Å². The van der Waals surface area contributed by atoms with E-state index in [2.05, 4.69) is 65.1 Å². The Morgan fingerprint density at radius 3 is 2.21 bits per heavy atom. The maximum Gasteiger partial charge on any atom is 0.0167 e. The molecule has 0 aliphatic carbocycles. The fourth-order valence-corrected chi connectivity index (χ4v) is 2.42. The molecular weight excluding hydrogens is 230 g/mol. The summed E-state index contributed by atoms with van der Waals surface area (Å²) in [6.45, 7) is 15.4. The molecule has 0 aliphatic heterocycles. The lowest BCUT2D eigenvalue weighted by Crippen LogP contribution is -2.21. The lowest BCUT2D eigenvalue weighted by Gasteiger charge is -2.12. The number of rotatable bonds is 6. The normalized spacial score (nSPS) is 12.3. The molecule has 0 spiro atoms. The minimum absolute atomic E-state index is 0.709. The van der Waals surface area contributed by atoms with Gasteiger partial charge in [-0.2, -0.15) is 0 Å². The summed E-state index contributed by atoms with van der Waals surface area (Å²) in [7, 11) is 0. The molecular formula is C18H29N. The second-order valence-electron chi connectivity index (χ2n) is 5.99. The van der Waals surface area contributed by atoms with E-state index in [-0.39, 0.29) is 0 Å². The van der Waals surface area contributed by atoms with E-state index < -0.39 is 0 Å². The Balaban J connectivity index is 2.86. The highest BCUT2D eigenvalue weighted by Gasteiger charge is 2.03. The SMILES string of the molecule is CCC(=Cc1c(C)cc(C)cc1C)CNCC(C)C. The van der Waals surface area contributed by atoms with Gasteiger partial charge < -0.3 is 5.32 Å². The molecule has 0 radical (unpaired) electrons. The van der Waals surface area contributed by atoms with Crippen LogP contribution in [0, 0.1) is 26.7 Å². The van der Waals surface area contributed by atoms with Crippen molar-refractivity contribution in [3.63, 3.8) is 0 Å². The molecule has 1 aromatic rings. The summed E-state index contributed by atoms with van der Waals surface area (Å²) in [4.78, 5) is 0. The molecule has 0 amide bonds. The third-order valence-corrected chi connectivity index (χ3v) is 3.45. The van der Waals surface area contributed by atoms with Crippen molar-refractivity contribution in [1.29, 1.82) is 0 Å². The Morgan fingerprint density at radius 2 is 1.74 bits per heavy atom. The Hall–Kier alpha value is -1.08. The summed E-state index contributed by atoms with van der Waals surface area (Å²) in [5.41, 5.74) is 6.99. The fraction of sp³-hybridized carbons (Fsp3) is 0.556. The summed E-state index contributed by atoms with van der Waals surface area (Å²) < 4.78 is 0. The zero-order valence-electron chi connectivity index (χ0n) is 13.4. The molecule has 0 unspecified atom stereocenters. The molecule has 0 atom stereocenters. The number of nitrogens with one attached hydrogen (secondary N) is 1. The molecule has 106 valence electrons. The quantitative estimate of drug-likeness (QED) is 0.784. The van der Waals surface area contributed by atoms with Crippen molar-refractivity contribution < 1.29 is 0 Å². The summed E-state index contributed by atoms with van der Waals surface area (Å²) in [5, 5.41) is 3.54. The Morgan fingerprint density at radius 1 is 1.16 bits per heavy atom. The van der Waals surface area contributed by atoms with Gasteiger partial charge in [0.05, 0.1) is 0 Å². The van der Waals surface area contributed by atoms with E-state index in [1.807, 2.05) is 0 Å². The van der Waals surface area contributed by atoms with Crippen LogP contribution in [-0.4, -0.2) is 13.1 Å². The summed E-state index contributed by atoms with van der Waals surface area (Å²) in [6, 6.07) is 4.54. The molecule has 1 nitrogen and oxygen atoms in total. The summed E-state index contributed by atoms with van der Waals surface area (Å²) in [6.07, 6.45) is 3.48. The van der Waals surface area contributed by atoms with Gasteiger partial charge in [0, 0.05) is 6.54 Å². The van der Waals surface area contributed by atoms with Crippen molar-refractivity contribution in [3.8, 4) is 0 Å². The third kappa shape index (κ3) is 5.20. The minimum atomic E-state index is 0.709. The highest BCUT2D eigenvalue weighted by Crippen LogP contribution is 2.20. The van der Waals surface area contributed by atoms with E-state index in [4.69, 9.17) is 0 Å². The van der Waals surface area contributed by atoms with Crippen molar-refractivity contribution in [2.24, 2.45) is 5.92 Å². The number of benzene rings is 1. The standard InChI is InChI=1S/C18H29N/c1-7-17(12-19-11-13(2)3)10-18-15(5)8-14(4)9-16(18)6/h8-10,13,19H,7,11-12H2,1-6H3. The van der Waals surface area contributed by atoms with Crippen LogP contribution in [-0.2, 0) is 0 Å². The minimum Gasteiger partial charge on any atom is -0.313 e. The molecule has 0 aromatic heterocycles. The first-order valence-electron chi connectivity index (χ1n) is 7.42. The molecule has 0 saturated carbocycles. The van der Waals surface area contributed by atoms with Crippen molar-refractivity contribution in [3.05, 3.63) is 40.0 Å². The third-order valence-electron chi connectivity index (χ3n) is 3.45. The van der Waals surface area contributed by atoms with Crippen LogP contribution in [0.2, 0.25) is 0 Å². The zero-order valence-corrected chi connectivity index (χ0v) is 13.4.